The molecule has 22 heavy (non-hydrogen) atoms. The lowest BCUT2D eigenvalue weighted by atomic mass is 9.88. The van der Waals surface area contributed by atoms with Crippen molar-refractivity contribution in [3.05, 3.63) is 29.0 Å². The summed E-state index contributed by atoms with van der Waals surface area (Å²) in [6, 6.07) is 2.97. The monoisotopic (exact) mass is 348 g/mol. The highest BCUT2D eigenvalue weighted by Crippen LogP contribution is 2.34. The fourth-order valence-electron chi connectivity index (χ4n) is 3.13. The third-order valence-electron chi connectivity index (χ3n) is 4.23. The molecule has 1 aromatic rings. The Morgan fingerprint density at radius 3 is 2.77 bits per heavy atom. The van der Waals surface area contributed by atoms with Crippen LogP contribution in [0.3, 0.4) is 0 Å². The van der Waals surface area contributed by atoms with Gasteiger partial charge in [0.25, 0.3) is 0 Å². The quantitative estimate of drug-likeness (QED) is 0.872. The molecule has 2 N–H and O–H groups in total. The molecule has 1 aromatic carbocycles. The first-order valence-corrected chi connectivity index (χ1v) is 9.08. The van der Waals surface area contributed by atoms with Crippen LogP contribution >= 0.6 is 11.6 Å². The summed E-state index contributed by atoms with van der Waals surface area (Å²) in [5.74, 6) is -0.568. The van der Waals surface area contributed by atoms with Crippen LogP contribution < -0.4 is 10.0 Å². The summed E-state index contributed by atoms with van der Waals surface area (Å²) >= 11 is 5.84. The van der Waals surface area contributed by atoms with Crippen LogP contribution in [0.25, 0.3) is 0 Å². The molecule has 8 heteroatoms. The lowest BCUT2D eigenvalue weighted by Gasteiger charge is -2.32. The Bertz CT molecular complexity index is 662. The van der Waals surface area contributed by atoms with Gasteiger partial charge in [-0.1, -0.05) is 11.6 Å². The number of hydrogen-bond donors (Lipinski definition) is 2. The molecule has 2 heterocycles. The van der Waals surface area contributed by atoms with E-state index in [9.17, 15) is 12.8 Å². The molecule has 0 radical (unpaired) electrons. The Morgan fingerprint density at radius 2 is 2.09 bits per heavy atom. The van der Waals surface area contributed by atoms with E-state index in [1.807, 2.05) is 0 Å². The zero-order chi connectivity index (χ0) is 15.8. The van der Waals surface area contributed by atoms with Crippen molar-refractivity contribution >= 4 is 21.6 Å². The van der Waals surface area contributed by atoms with Crippen molar-refractivity contribution < 1.29 is 17.5 Å². The molecule has 0 bridgehead atoms. The number of piperidine rings is 1. The molecular formula is C14H18ClFN2O3S. The average molecular weight is 349 g/mol. The summed E-state index contributed by atoms with van der Waals surface area (Å²) in [5, 5.41) is 3.14. The lowest BCUT2D eigenvalue weighted by molar-refractivity contribution is -0.0193. The van der Waals surface area contributed by atoms with Gasteiger partial charge in [0.1, 0.15) is 10.7 Å². The molecule has 2 fully saturated rings. The number of hydrogen-bond acceptors (Lipinski definition) is 4. The van der Waals surface area contributed by atoms with Gasteiger partial charge in [-0.2, -0.15) is 0 Å². The van der Waals surface area contributed by atoms with Crippen molar-refractivity contribution in [2.24, 2.45) is 0 Å². The maximum atomic E-state index is 13.1. The third-order valence-corrected chi connectivity index (χ3v) is 6.23. The van der Waals surface area contributed by atoms with Crippen LogP contribution in [-0.2, 0) is 14.8 Å². The second-order valence-corrected chi connectivity index (χ2v) is 7.93. The van der Waals surface area contributed by atoms with Crippen LogP contribution in [0.1, 0.15) is 19.3 Å². The highest BCUT2D eigenvalue weighted by atomic mass is 35.5. The Balaban J connectivity index is 1.72. The van der Waals surface area contributed by atoms with Crippen LogP contribution in [-0.4, -0.2) is 39.8 Å². The van der Waals surface area contributed by atoms with Crippen LogP contribution in [0.15, 0.2) is 23.1 Å². The Kier molecular flexibility index (Phi) is 4.44. The van der Waals surface area contributed by atoms with Gasteiger partial charge in [0.15, 0.2) is 0 Å². The van der Waals surface area contributed by atoms with Gasteiger partial charge in [-0.15, -0.1) is 0 Å². The standard InChI is InChI=1S/C14H18ClFN2O3S/c15-12-7-10(16)1-2-13(12)22(19,20)18-11-8-14(21-9-11)3-5-17-6-4-14/h1-2,7,11,17-18H,3-6,8-9H2/t11-/m1/s1. The Hall–Kier alpha value is -0.730. The summed E-state index contributed by atoms with van der Waals surface area (Å²) in [4.78, 5) is -0.109. The fraction of sp³-hybridized carbons (Fsp3) is 0.571. The molecule has 2 saturated heterocycles. The minimum Gasteiger partial charge on any atom is -0.373 e. The van der Waals surface area contributed by atoms with E-state index in [0.29, 0.717) is 13.0 Å². The molecular weight excluding hydrogens is 331 g/mol. The molecule has 122 valence electrons. The zero-order valence-electron chi connectivity index (χ0n) is 11.9. The largest absolute Gasteiger partial charge is 0.373 e. The van der Waals surface area contributed by atoms with E-state index < -0.39 is 15.8 Å². The number of nitrogens with one attached hydrogen (secondary N) is 2. The van der Waals surface area contributed by atoms with Crippen molar-refractivity contribution in [3.63, 3.8) is 0 Å². The minimum absolute atomic E-state index is 0.109. The Labute approximate surface area is 134 Å². The molecule has 1 spiro atoms. The van der Waals surface area contributed by atoms with Crippen molar-refractivity contribution in [3.8, 4) is 0 Å². The van der Waals surface area contributed by atoms with Crippen molar-refractivity contribution in [1.82, 2.24) is 10.0 Å². The molecule has 1 atom stereocenters. The highest BCUT2D eigenvalue weighted by Gasteiger charge is 2.42. The Morgan fingerprint density at radius 1 is 1.36 bits per heavy atom. The van der Waals surface area contributed by atoms with E-state index in [2.05, 4.69) is 10.0 Å². The van der Waals surface area contributed by atoms with Crippen LogP contribution in [0, 0.1) is 5.82 Å². The smallest absolute Gasteiger partial charge is 0.242 e. The number of sulfonamides is 1. The second kappa shape index (κ2) is 6.05. The maximum Gasteiger partial charge on any atom is 0.242 e. The number of benzene rings is 1. The van der Waals surface area contributed by atoms with Crippen molar-refractivity contribution in [2.75, 3.05) is 19.7 Å². The third kappa shape index (κ3) is 3.28. The molecule has 0 saturated carbocycles. The molecule has 3 rings (SSSR count). The normalized spacial score (nSPS) is 24.7. The van der Waals surface area contributed by atoms with Gasteiger partial charge in [0, 0.05) is 6.04 Å². The summed E-state index contributed by atoms with van der Waals surface area (Å²) < 4.78 is 46.4. The molecule has 5 nitrogen and oxygen atoms in total. The summed E-state index contributed by atoms with van der Waals surface area (Å²) in [6.07, 6.45) is 2.40. The first kappa shape index (κ1) is 16.1. The lowest BCUT2D eigenvalue weighted by Crippen LogP contribution is -2.43. The van der Waals surface area contributed by atoms with Gasteiger partial charge in [0.05, 0.1) is 17.2 Å². The molecule has 0 aliphatic carbocycles. The predicted molar refractivity (Wildman–Crippen MR) is 80.9 cm³/mol. The van der Waals surface area contributed by atoms with Crippen LogP contribution in [0.2, 0.25) is 5.02 Å². The van der Waals surface area contributed by atoms with E-state index in [1.165, 1.54) is 6.07 Å². The predicted octanol–water partition coefficient (Wildman–Crippen LogP) is 1.67. The van der Waals surface area contributed by atoms with Crippen LogP contribution in [0.5, 0.6) is 0 Å². The van der Waals surface area contributed by atoms with Gasteiger partial charge in [-0.25, -0.2) is 17.5 Å². The van der Waals surface area contributed by atoms with E-state index in [1.54, 1.807) is 0 Å². The van der Waals surface area contributed by atoms with E-state index in [0.717, 1.165) is 38.1 Å². The van der Waals surface area contributed by atoms with Crippen molar-refractivity contribution in [1.29, 1.82) is 0 Å². The summed E-state index contributed by atoms with van der Waals surface area (Å²) in [7, 11) is -3.79. The number of ether oxygens (including phenoxy) is 1. The topological polar surface area (TPSA) is 67.4 Å². The van der Waals surface area contributed by atoms with Gasteiger partial charge < -0.3 is 10.1 Å². The molecule has 0 amide bonds. The van der Waals surface area contributed by atoms with E-state index >= 15 is 0 Å². The second-order valence-electron chi connectivity index (χ2n) is 5.84. The highest BCUT2D eigenvalue weighted by molar-refractivity contribution is 7.89. The first-order chi connectivity index (χ1) is 10.4. The number of halogens is 2. The first-order valence-electron chi connectivity index (χ1n) is 7.22. The number of rotatable bonds is 3. The van der Waals surface area contributed by atoms with Gasteiger partial charge >= 0.3 is 0 Å². The van der Waals surface area contributed by atoms with E-state index in [4.69, 9.17) is 16.3 Å². The molecule has 0 aromatic heterocycles. The zero-order valence-corrected chi connectivity index (χ0v) is 13.5. The summed E-state index contributed by atoms with van der Waals surface area (Å²) in [6.45, 7) is 2.10. The van der Waals surface area contributed by atoms with Gasteiger partial charge in [-0.05, 0) is 50.6 Å². The summed E-state index contributed by atoms with van der Waals surface area (Å²) in [5.41, 5.74) is -0.231. The van der Waals surface area contributed by atoms with Gasteiger partial charge in [0.2, 0.25) is 10.0 Å². The molecule has 2 aliphatic rings. The van der Waals surface area contributed by atoms with Crippen LogP contribution in [0.4, 0.5) is 4.39 Å². The molecule has 0 unspecified atom stereocenters. The fourth-order valence-corrected chi connectivity index (χ4v) is 4.88. The average Bonchev–Trinajstić information content (AvgIpc) is 2.80. The minimum atomic E-state index is -3.79. The molecule has 2 aliphatic heterocycles. The van der Waals surface area contributed by atoms with Crippen molar-refractivity contribution in [2.45, 2.75) is 35.8 Å². The SMILES string of the molecule is O=S(=O)(N[C@H]1COC2(CCNCC2)C1)c1ccc(F)cc1Cl. The maximum absolute atomic E-state index is 13.1. The van der Waals surface area contributed by atoms with E-state index in [-0.39, 0.29) is 21.6 Å². The van der Waals surface area contributed by atoms with Gasteiger partial charge in [-0.3, -0.25) is 0 Å².